The molecule has 1 heterocycles. The van der Waals surface area contributed by atoms with Gasteiger partial charge in [0, 0.05) is 17.0 Å². The maximum Gasteiger partial charge on any atom is 0.225 e. The van der Waals surface area contributed by atoms with Gasteiger partial charge in [0.2, 0.25) is 5.91 Å². The molecule has 0 unspecified atom stereocenters. The topological polar surface area (TPSA) is 45.2 Å². The first-order valence-electron chi connectivity index (χ1n) is 7.91. The monoisotopic (exact) mass is 331 g/mol. The van der Waals surface area contributed by atoms with Gasteiger partial charge in [-0.15, -0.1) is 11.3 Å². The molecular weight excluding hydrogens is 306 g/mol. The fourth-order valence-corrected chi connectivity index (χ4v) is 3.50. The van der Waals surface area contributed by atoms with Gasteiger partial charge in [-0.05, 0) is 46.5 Å². The number of thiazole rings is 1. The van der Waals surface area contributed by atoms with Gasteiger partial charge in [-0.25, -0.2) is 4.98 Å². The van der Waals surface area contributed by atoms with E-state index in [0.29, 0.717) is 6.42 Å². The highest BCUT2D eigenvalue weighted by Gasteiger charge is 2.13. The van der Waals surface area contributed by atoms with E-state index in [1.165, 1.54) is 5.56 Å². The summed E-state index contributed by atoms with van der Waals surface area (Å²) in [4.78, 5) is 19.9. The fraction of sp³-hybridized carbons (Fsp3) is 0.444. The predicted molar refractivity (Wildman–Crippen MR) is 96.9 cm³/mol. The maximum absolute atomic E-state index is 12.1. The lowest BCUT2D eigenvalue weighted by atomic mass is 10.1. The van der Waals surface area contributed by atoms with Crippen LogP contribution in [0.3, 0.4) is 0 Å². The number of aromatic nitrogens is 1. The Morgan fingerprint density at radius 1 is 1.26 bits per heavy atom. The molecule has 1 aromatic heterocycles. The minimum Gasteiger partial charge on any atom is -0.356 e. The number of amides is 1. The Bertz CT molecular complexity index is 664. The number of rotatable bonds is 7. The van der Waals surface area contributed by atoms with Crippen LogP contribution in [0.25, 0.3) is 10.6 Å². The third-order valence-corrected chi connectivity index (χ3v) is 4.88. The van der Waals surface area contributed by atoms with E-state index in [-0.39, 0.29) is 5.91 Å². The van der Waals surface area contributed by atoms with Gasteiger partial charge in [-0.2, -0.15) is 0 Å². The van der Waals surface area contributed by atoms with Crippen LogP contribution in [0.2, 0.25) is 0 Å². The van der Waals surface area contributed by atoms with E-state index in [4.69, 9.17) is 0 Å². The Labute approximate surface area is 142 Å². The molecule has 4 nitrogen and oxygen atoms in total. The van der Waals surface area contributed by atoms with E-state index >= 15 is 0 Å². The van der Waals surface area contributed by atoms with Crippen molar-refractivity contribution in [2.45, 2.75) is 26.7 Å². The molecule has 1 aromatic carbocycles. The first-order chi connectivity index (χ1) is 11.0. The van der Waals surface area contributed by atoms with Crippen molar-refractivity contribution >= 4 is 17.2 Å². The Morgan fingerprint density at radius 3 is 2.70 bits per heavy atom. The average Bonchev–Trinajstić information content (AvgIpc) is 2.85. The standard InChI is InChI=1S/C18H25N3OS/c1-13-8-5-6-9-15(13)18-20-14(2)16(23-18)12-17(22)19-10-7-11-21(3)4/h5-6,8-9H,7,10-12H2,1-4H3,(H,19,22). The van der Waals surface area contributed by atoms with Crippen LogP contribution in [-0.4, -0.2) is 43.0 Å². The SMILES string of the molecule is Cc1ccccc1-c1nc(C)c(CC(=O)NCCCN(C)C)s1. The molecule has 0 radical (unpaired) electrons. The van der Waals surface area contributed by atoms with Gasteiger partial charge in [-0.1, -0.05) is 24.3 Å². The molecule has 0 aliphatic heterocycles. The van der Waals surface area contributed by atoms with Crippen LogP contribution in [-0.2, 0) is 11.2 Å². The van der Waals surface area contributed by atoms with Crippen molar-refractivity contribution in [3.05, 3.63) is 40.4 Å². The van der Waals surface area contributed by atoms with Crippen LogP contribution in [0.15, 0.2) is 24.3 Å². The molecule has 0 saturated carbocycles. The summed E-state index contributed by atoms with van der Waals surface area (Å²) in [6.07, 6.45) is 1.38. The summed E-state index contributed by atoms with van der Waals surface area (Å²) in [5.41, 5.74) is 3.32. The first kappa shape index (κ1) is 17.6. The van der Waals surface area contributed by atoms with Gasteiger partial charge in [0.15, 0.2) is 0 Å². The zero-order chi connectivity index (χ0) is 16.8. The molecule has 0 bridgehead atoms. The highest BCUT2D eigenvalue weighted by atomic mass is 32.1. The summed E-state index contributed by atoms with van der Waals surface area (Å²) in [6, 6.07) is 8.22. The van der Waals surface area contributed by atoms with Gasteiger partial charge >= 0.3 is 0 Å². The van der Waals surface area contributed by atoms with Crippen LogP contribution < -0.4 is 5.32 Å². The molecule has 0 aliphatic carbocycles. The van der Waals surface area contributed by atoms with Gasteiger partial charge in [-0.3, -0.25) is 4.79 Å². The van der Waals surface area contributed by atoms with Crippen LogP contribution in [0.5, 0.6) is 0 Å². The van der Waals surface area contributed by atoms with Crippen molar-refractivity contribution in [2.24, 2.45) is 0 Å². The molecule has 23 heavy (non-hydrogen) atoms. The quantitative estimate of drug-likeness (QED) is 0.793. The number of aryl methyl sites for hydroxylation is 2. The minimum atomic E-state index is 0.0758. The largest absolute Gasteiger partial charge is 0.356 e. The molecule has 124 valence electrons. The molecule has 0 atom stereocenters. The normalized spacial score (nSPS) is 11.0. The lowest BCUT2D eigenvalue weighted by molar-refractivity contribution is -0.120. The van der Waals surface area contributed by atoms with Crippen molar-refractivity contribution in [1.82, 2.24) is 15.2 Å². The van der Waals surface area contributed by atoms with Crippen molar-refractivity contribution in [1.29, 1.82) is 0 Å². The Kier molecular flexibility index (Phi) is 6.30. The number of nitrogens with zero attached hydrogens (tertiary/aromatic N) is 2. The van der Waals surface area contributed by atoms with Crippen LogP contribution in [0, 0.1) is 13.8 Å². The second kappa shape index (κ2) is 8.22. The smallest absolute Gasteiger partial charge is 0.225 e. The number of carbonyl (C=O) groups excluding carboxylic acids is 1. The van der Waals surface area contributed by atoms with Crippen LogP contribution in [0.4, 0.5) is 0 Å². The van der Waals surface area contributed by atoms with E-state index < -0.39 is 0 Å². The van der Waals surface area contributed by atoms with Crippen molar-refractivity contribution in [2.75, 3.05) is 27.2 Å². The van der Waals surface area contributed by atoms with E-state index in [2.05, 4.69) is 34.3 Å². The van der Waals surface area contributed by atoms with E-state index in [9.17, 15) is 4.79 Å². The van der Waals surface area contributed by atoms with Gasteiger partial charge in [0.05, 0.1) is 12.1 Å². The third-order valence-electron chi connectivity index (χ3n) is 3.69. The highest BCUT2D eigenvalue weighted by molar-refractivity contribution is 7.15. The Morgan fingerprint density at radius 2 is 2.00 bits per heavy atom. The summed E-state index contributed by atoms with van der Waals surface area (Å²) < 4.78 is 0. The van der Waals surface area contributed by atoms with Crippen LogP contribution >= 0.6 is 11.3 Å². The van der Waals surface area contributed by atoms with Gasteiger partial charge in [0.1, 0.15) is 5.01 Å². The molecule has 1 N–H and O–H groups in total. The number of nitrogens with one attached hydrogen (secondary N) is 1. The van der Waals surface area contributed by atoms with Crippen molar-refractivity contribution < 1.29 is 4.79 Å². The van der Waals surface area contributed by atoms with Crippen molar-refractivity contribution in [3.8, 4) is 10.6 Å². The summed E-state index contributed by atoms with van der Waals surface area (Å²) in [5.74, 6) is 0.0758. The fourth-order valence-electron chi connectivity index (χ4n) is 2.35. The first-order valence-corrected chi connectivity index (χ1v) is 8.72. The molecule has 0 spiro atoms. The molecule has 0 aliphatic rings. The van der Waals surface area contributed by atoms with E-state index in [0.717, 1.165) is 40.7 Å². The summed E-state index contributed by atoms with van der Waals surface area (Å²) in [7, 11) is 4.07. The zero-order valence-electron chi connectivity index (χ0n) is 14.3. The number of hydrogen-bond donors (Lipinski definition) is 1. The molecule has 5 heteroatoms. The maximum atomic E-state index is 12.1. The Balaban J connectivity index is 1.96. The molecule has 1 amide bonds. The minimum absolute atomic E-state index is 0.0758. The Hall–Kier alpha value is -1.72. The van der Waals surface area contributed by atoms with Gasteiger partial charge < -0.3 is 10.2 Å². The molecule has 2 aromatic rings. The van der Waals surface area contributed by atoms with E-state index in [1.807, 2.05) is 33.2 Å². The van der Waals surface area contributed by atoms with E-state index in [1.54, 1.807) is 11.3 Å². The lowest BCUT2D eigenvalue weighted by Gasteiger charge is -2.09. The zero-order valence-corrected chi connectivity index (χ0v) is 15.2. The van der Waals surface area contributed by atoms with Gasteiger partial charge in [0.25, 0.3) is 0 Å². The lowest BCUT2D eigenvalue weighted by Crippen LogP contribution is -2.28. The molecule has 2 rings (SSSR count). The molecular formula is C18H25N3OS. The second-order valence-electron chi connectivity index (χ2n) is 6.03. The highest BCUT2D eigenvalue weighted by Crippen LogP contribution is 2.30. The van der Waals surface area contributed by atoms with Crippen LogP contribution in [0.1, 0.15) is 22.6 Å². The number of benzene rings is 1. The average molecular weight is 331 g/mol. The second-order valence-corrected chi connectivity index (χ2v) is 7.11. The molecule has 0 fully saturated rings. The summed E-state index contributed by atoms with van der Waals surface area (Å²) >= 11 is 1.62. The summed E-state index contributed by atoms with van der Waals surface area (Å²) in [5, 5.41) is 3.98. The summed E-state index contributed by atoms with van der Waals surface area (Å²) in [6.45, 7) is 5.77. The number of hydrogen-bond acceptors (Lipinski definition) is 4. The third kappa shape index (κ3) is 5.15. The predicted octanol–water partition coefficient (Wildman–Crippen LogP) is 3.04. The van der Waals surface area contributed by atoms with Crippen molar-refractivity contribution in [3.63, 3.8) is 0 Å². The molecule has 0 saturated heterocycles. The number of carbonyl (C=O) groups is 1.